The first-order chi connectivity index (χ1) is 9.74. The van der Waals surface area contributed by atoms with Gasteiger partial charge in [0.25, 0.3) is 0 Å². The van der Waals surface area contributed by atoms with Crippen LogP contribution in [0.25, 0.3) is 0 Å². The van der Waals surface area contributed by atoms with Gasteiger partial charge >= 0.3 is 5.97 Å². The van der Waals surface area contributed by atoms with E-state index in [0.717, 1.165) is 0 Å². The van der Waals surface area contributed by atoms with Gasteiger partial charge in [0.1, 0.15) is 0 Å². The summed E-state index contributed by atoms with van der Waals surface area (Å²) in [6, 6.07) is 0. The van der Waals surface area contributed by atoms with Gasteiger partial charge in [0.15, 0.2) is 0 Å². The van der Waals surface area contributed by atoms with E-state index in [4.69, 9.17) is 4.74 Å². The quantitative estimate of drug-likeness (QED) is 0.294. The van der Waals surface area contributed by atoms with Gasteiger partial charge in [-0.25, -0.2) is 0 Å². The highest BCUT2D eigenvalue weighted by Crippen LogP contribution is 2.22. The van der Waals surface area contributed by atoms with Crippen molar-refractivity contribution in [3.05, 3.63) is 0 Å². The molecule has 0 fully saturated rings. The Hall–Kier alpha value is -0.530. The normalized spacial score (nSPS) is 12.3. The first kappa shape index (κ1) is 19.5. The molecule has 1 atom stereocenters. The molecule has 0 aliphatic carbocycles. The molecule has 0 saturated heterocycles. The number of hydrogen-bond donors (Lipinski definition) is 0. The molecule has 120 valence electrons. The minimum absolute atomic E-state index is 0.00143. The van der Waals surface area contributed by atoms with Gasteiger partial charge in [-0.3, -0.25) is 4.79 Å². The summed E-state index contributed by atoms with van der Waals surface area (Å²) in [6.45, 7) is 6.89. The monoisotopic (exact) mass is 284 g/mol. The molecule has 0 saturated carbocycles. The maximum Gasteiger partial charge on any atom is 0.306 e. The Balaban J connectivity index is 3.87. The predicted molar refractivity (Wildman–Crippen MR) is 86.9 cm³/mol. The first-order valence-electron chi connectivity index (χ1n) is 8.90. The molecular weight excluding hydrogens is 248 g/mol. The van der Waals surface area contributed by atoms with Gasteiger partial charge in [0.2, 0.25) is 0 Å². The molecule has 0 spiro atoms. The summed E-state index contributed by atoms with van der Waals surface area (Å²) >= 11 is 0. The summed E-state index contributed by atoms with van der Waals surface area (Å²) in [5, 5.41) is 0. The van der Waals surface area contributed by atoms with Crippen molar-refractivity contribution in [3.63, 3.8) is 0 Å². The SMILES string of the molecule is CCCCCCCC(CCCCCC)CC(=O)OCC. The van der Waals surface area contributed by atoms with Crippen molar-refractivity contribution in [2.45, 2.75) is 97.8 Å². The van der Waals surface area contributed by atoms with E-state index >= 15 is 0 Å². The van der Waals surface area contributed by atoms with Gasteiger partial charge in [-0.05, 0) is 25.7 Å². The molecule has 0 amide bonds. The van der Waals surface area contributed by atoms with Gasteiger partial charge in [0.05, 0.1) is 6.61 Å². The maximum absolute atomic E-state index is 11.7. The molecule has 20 heavy (non-hydrogen) atoms. The van der Waals surface area contributed by atoms with E-state index in [-0.39, 0.29) is 5.97 Å². The lowest BCUT2D eigenvalue weighted by Gasteiger charge is -2.16. The zero-order valence-electron chi connectivity index (χ0n) is 14.1. The Morgan fingerprint density at radius 2 is 1.30 bits per heavy atom. The highest BCUT2D eigenvalue weighted by molar-refractivity contribution is 5.69. The van der Waals surface area contributed by atoms with Crippen LogP contribution in [-0.4, -0.2) is 12.6 Å². The zero-order chi connectivity index (χ0) is 15.1. The van der Waals surface area contributed by atoms with E-state index in [1.165, 1.54) is 70.6 Å². The van der Waals surface area contributed by atoms with Crippen LogP contribution in [0, 0.1) is 5.92 Å². The zero-order valence-corrected chi connectivity index (χ0v) is 14.1. The maximum atomic E-state index is 11.7. The highest BCUT2D eigenvalue weighted by Gasteiger charge is 2.14. The molecule has 1 unspecified atom stereocenters. The van der Waals surface area contributed by atoms with Gasteiger partial charge in [0, 0.05) is 6.42 Å². The van der Waals surface area contributed by atoms with E-state index in [1.807, 2.05) is 6.92 Å². The number of esters is 1. The minimum atomic E-state index is 0.00143. The van der Waals surface area contributed by atoms with Crippen molar-refractivity contribution in [2.75, 3.05) is 6.61 Å². The first-order valence-corrected chi connectivity index (χ1v) is 8.90. The Bertz CT molecular complexity index is 213. The van der Waals surface area contributed by atoms with Crippen molar-refractivity contribution in [3.8, 4) is 0 Å². The van der Waals surface area contributed by atoms with Crippen molar-refractivity contribution in [1.29, 1.82) is 0 Å². The third kappa shape index (κ3) is 12.5. The van der Waals surface area contributed by atoms with Crippen molar-refractivity contribution < 1.29 is 9.53 Å². The molecule has 0 aromatic carbocycles. The van der Waals surface area contributed by atoms with Crippen LogP contribution >= 0.6 is 0 Å². The van der Waals surface area contributed by atoms with Crippen LogP contribution in [0.4, 0.5) is 0 Å². The lowest BCUT2D eigenvalue weighted by Crippen LogP contribution is -2.12. The molecule has 0 rings (SSSR count). The van der Waals surface area contributed by atoms with Crippen molar-refractivity contribution in [1.82, 2.24) is 0 Å². The van der Waals surface area contributed by atoms with E-state index in [9.17, 15) is 4.79 Å². The van der Waals surface area contributed by atoms with Crippen LogP contribution in [-0.2, 0) is 9.53 Å². The molecule has 2 heteroatoms. The average Bonchev–Trinajstić information content (AvgIpc) is 2.43. The molecule has 0 N–H and O–H groups in total. The van der Waals surface area contributed by atoms with Crippen LogP contribution in [0.1, 0.15) is 97.8 Å². The van der Waals surface area contributed by atoms with Gasteiger partial charge in [-0.15, -0.1) is 0 Å². The number of carbonyl (C=O) groups excluding carboxylic acids is 1. The Morgan fingerprint density at radius 1 is 0.800 bits per heavy atom. The number of rotatable bonds is 14. The molecule has 0 aromatic rings. The van der Waals surface area contributed by atoms with Crippen molar-refractivity contribution >= 4 is 5.97 Å². The summed E-state index contributed by atoms with van der Waals surface area (Å²) in [6.07, 6.45) is 14.8. The van der Waals surface area contributed by atoms with Crippen molar-refractivity contribution in [2.24, 2.45) is 5.92 Å². The topological polar surface area (TPSA) is 26.3 Å². The lowest BCUT2D eigenvalue weighted by molar-refractivity contribution is -0.144. The summed E-state index contributed by atoms with van der Waals surface area (Å²) in [4.78, 5) is 11.7. The fourth-order valence-electron chi connectivity index (χ4n) is 2.70. The fourth-order valence-corrected chi connectivity index (χ4v) is 2.70. The number of unbranched alkanes of at least 4 members (excludes halogenated alkanes) is 7. The van der Waals surface area contributed by atoms with Crippen LogP contribution in [0.5, 0.6) is 0 Å². The summed E-state index contributed by atoms with van der Waals surface area (Å²) in [5.41, 5.74) is 0. The summed E-state index contributed by atoms with van der Waals surface area (Å²) < 4.78 is 5.11. The van der Waals surface area contributed by atoms with Crippen LogP contribution in [0.2, 0.25) is 0 Å². The Labute approximate surface area is 126 Å². The smallest absolute Gasteiger partial charge is 0.306 e. The average molecular weight is 284 g/mol. The minimum Gasteiger partial charge on any atom is -0.466 e. The second kappa shape index (κ2) is 14.9. The van der Waals surface area contributed by atoms with Crippen LogP contribution in [0.15, 0.2) is 0 Å². The van der Waals surface area contributed by atoms with Crippen LogP contribution < -0.4 is 0 Å². The summed E-state index contributed by atoms with van der Waals surface area (Å²) in [5.74, 6) is 0.550. The van der Waals surface area contributed by atoms with E-state index in [2.05, 4.69) is 13.8 Å². The van der Waals surface area contributed by atoms with Gasteiger partial charge in [-0.1, -0.05) is 71.6 Å². The Kier molecular flexibility index (Phi) is 14.5. The number of carbonyl (C=O) groups is 1. The highest BCUT2D eigenvalue weighted by atomic mass is 16.5. The largest absolute Gasteiger partial charge is 0.466 e. The molecule has 0 bridgehead atoms. The standard InChI is InChI=1S/C18H36O2/c1-4-7-9-11-13-15-17(14-12-10-8-5-2)16-18(19)20-6-3/h17H,4-16H2,1-3H3. The molecule has 0 aliphatic heterocycles. The third-order valence-electron chi connectivity index (χ3n) is 3.94. The molecule has 2 nitrogen and oxygen atoms in total. The Morgan fingerprint density at radius 3 is 1.80 bits per heavy atom. The lowest BCUT2D eigenvalue weighted by atomic mass is 9.91. The second-order valence-corrected chi connectivity index (χ2v) is 5.93. The molecule has 0 radical (unpaired) electrons. The second-order valence-electron chi connectivity index (χ2n) is 5.93. The fraction of sp³-hybridized carbons (Fsp3) is 0.944. The molecule has 0 aromatic heterocycles. The van der Waals surface area contributed by atoms with Crippen LogP contribution in [0.3, 0.4) is 0 Å². The summed E-state index contributed by atoms with van der Waals surface area (Å²) in [7, 11) is 0. The van der Waals surface area contributed by atoms with Gasteiger partial charge in [-0.2, -0.15) is 0 Å². The molecule has 0 heterocycles. The van der Waals surface area contributed by atoms with Gasteiger partial charge < -0.3 is 4.74 Å². The van der Waals surface area contributed by atoms with E-state index in [1.54, 1.807) is 0 Å². The molecule has 0 aliphatic rings. The number of ether oxygens (including phenoxy) is 1. The number of hydrogen-bond acceptors (Lipinski definition) is 2. The van der Waals surface area contributed by atoms with E-state index in [0.29, 0.717) is 18.9 Å². The van der Waals surface area contributed by atoms with E-state index < -0.39 is 0 Å². The molecular formula is C18H36O2. The third-order valence-corrected chi connectivity index (χ3v) is 3.94. The predicted octanol–water partition coefficient (Wildman–Crippen LogP) is 5.89.